The van der Waals surface area contributed by atoms with Gasteiger partial charge >= 0.3 is 0 Å². The highest BCUT2D eigenvalue weighted by atomic mass is 16.5. The molecule has 1 N–H and O–H groups in total. The van der Waals surface area contributed by atoms with Gasteiger partial charge in [0, 0.05) is 11.1 Å². The van der Waals surface area contributed by atoms with Crippen LogP contribution in [0.15, 0.2) is 70.9 Å². The molecule has 3 aromatic rings. The van der Waals surface area contributed by atoms with E-state index in [0.717, 1.165) is 5.56 Å². The maximum atomic E-state index is 13.3. The number of nitrogens with zero attached hydrogens (tertiary/aromatic N) is 1. The molecule has 2 aromatic carbocycles. The third-order valence-electron chi connectivity index (χ3n) is 5.88. The fraction of sp³-hybridized carbons (Fsp3) is 0.259. The Bertz CT molecular complexity index is 1270. The zero-order valence-electron chi connectivity index (χ0n) is 19.8. The van der Waals surface area contributed by atoms with E-state index in [2.05, 4.69) is 0 Å². The van der Waals surface area contributed by atoms with Crippen molar-refractivity contribution in [3.8, 4) is 11.5 Å². The van der Waals surface area contributed by atoms with Gasteiger partial charge < -0.3 is 19.0 Å². The minimum absolute atomic E-state index is 0.0594. The molecule has 1 aliphatic heterocycles. The molecule has 2 heterocycles. The number of aliphatic hydroxyl groups is 1. The van der Waals surface area contributed by atoms with Crippen molar-refractivity contribution in [3.05, 3.63) is 83.3 Å². The molecule has 1 atom stereocenters. The minimum atomic E-state index is -0.966. The third kappa shape index (κ3) is 3.83. The fourth-order valence-electron chi connectivity index (χ4n) is 4.22. The Labute approximate surface area is 198 Å². The first kappa shape index (κ1) is 23.2. The molecule has 1 aliphatic rings. The van der Waals surface area contributed by atoms with Crippen LogP contribution in [0, 0.1) is 0 Å². The van der Waals surface area contributed by atoms with Crippen LogP contribution in [0.25, 0.3) is 5.76 Å². The second kappa shape index (κ2) is 8.74. The Morgan fingerprint density at radius 1 is 0.971 bits per heavy atom. The SMILES string of the molecule is COc1ccccc1N1C(=O)C(=O)/C(=C(\O)c2ccc(OC)c(C(C)(C)C)c2)C1c1ccco1. The van der Waals surface area contributed by atoms with E-state index in [0.29, 0.717) is 28.5 Å². The number of aliphatic hydroxyl groups excluding tert-OH is 1. The summed E-state index contributed by atoms with van der Waals surface area (Å²) in [5.41, 5.74) is 1.31. The third-order valence-corrected chi connectivity index (χ3v) is 5.88. The molecule has 1 amide bonds. The number of benzene rings is 2. The second-order valence-corrected chi connectivity index (χ2v) is 9.02. The van der Waals surface area contributed by atoms with Gasteiger partial charge in [-0.2, -0.15) is 0 Å². The Hall–Kier alpha value is -4.00. The molecule has 1 fully saturated rings. The molecule has 34 heavy (non-hydrogen) atoms. The number of para-hydroxylation sites is 2. The summed E-state index contributed by atoms with van der Waals surface area (Å²) >= 11 is 0. The molecular weight excluding hydrogens is 434 g/mol. The molecule has 1 unspecified atom stereocenters. The lowest BCUT2D eigenvalue weighted by Crippen LogP contribution is -2.29. The predicted octanol–water partition coefficient (Wildman–Crippen LogP) is 5.22. The van der Waals surface area contributed by atoms with E-state index in [1.165, 1.54) is 18.3 Å². The number of hydrogen-bond acceptors (Lipinski definition) is 6. The summed E-state index contributed by atoms with van der Waals surface area (Å²) in [5.74, 6) is -0.446. The first-order valence-corrected chi connectivity index (χ1v) is 10.8. The van der Waals surface area contributed by atoms with Crippen LogP contribution in [-0.4, -0.2) is 31.0 Å². The van der Waals surface area contributed by atoms with Crippen molar-refractivity contribution >= 4 is 23.1 Å². The average Bonchev–Trinajstić information content (AvgIpc) is 3.44. The highest BCUT2D eigenvalue weighted by Gasteiger charge is 2.49. The number of carbonyl (C=O) groups is 2. The summed E-state index contributed by atoms with van der Waals surface area (Å²) < 4.78 is 16.6. The molecule has 0 bridgehead atoms. The summed E-state index contributed by atoms with van der Waals surface area (Å²) in [7, 11) is 3.07. The van der Waals surface area contributed by atoms with Crippen LogP contribution in [0.3, 0.4) is 0 Å². The van der Waals surface area contributed by atoms with Crippen LogP contribution in [0.4, 0.5) is 5.69 Å². The molecule has 176 valence electrons. The molecular formula is C27H27NO6. The van der Waals surface area contributed by atoms with Gasteiger partial charge in [-0.1, -0.05) is 32.9 Å². The van der Waals surface area contributed by atoms with Crippen molar-refractivity contribution < 1.29 is 28.6 Å². The van der Waals surface area contributed by atoms with Crippen molar-refractivity contribution in [2.75, 3.05) is 19.1 Å². The Morgan fingerprint density at radius 3 is 2.29 bits per heavy atom. The maximum absolute atomic E-state index is 13.3. The van der Waals surface area contributed by atoms with Gasteiger partial charge in [0.1, 0.15) is 29.1 Å². The van der Waals surface area contributed by atoms with Crippen LogP contribution in [0.5, 0.6) is 11.5 Å². The van der Waals surface area contributed by atoms with Gasteiger partial charge in [0.2, 0.25) is 0 Å². The number of hydrogen-bond donors (Lipinski definition) is 1. The standard InChI is InChI=1S/C27H27NO6/c1-27(2,3)17-15-16(12-13-19(17)32-4)24(29)22-23(21-11-8-14-34-21)28(26(31)25(22)30)18-9-6-7-10-20(18)33-5/h6-15,23,29H,1-5H3/b24-22-. The molecule has 7 nitrogen and oxygen atoms in total. The number of methoxy groups -OCH3 is 2. The molecule has 0 spiro atoms. The number of ketones is 1. The van der Waals surface area contributed by atoms with E-state index in [9.17, 15) is 14.7 Å². The van der Waals surface area contributed by atoms with Gasteiger partial charge in [0.25, 0.3) is 11.7 Å². The van der Waals surface area contributed by atoms with Gasteiger partial charge in [0.15, 0.2) is 0 Å². The van der Waals surface area contributed by atoms with E-state index < -0.39 is 17.7 Å². The number of rotatable bonds is 5. The second-order valence-electron chi connectivity index (χ2n) is 9.02. The number of carbonyl (C=O) groups excluding carboxylic acids is 2. The molecule has 1 saturated heterocycles. The Kier molecular flexibility index (Phi) is 5.96. The van der Waals surface area contributed by atoms with E-state index in [1.54, 1.807) is 61.7 Å². The van der Waals surface area contributed by atoms with E-state index in [4.69, 9.17) is 13.9 Å². The van der Waals surface area contributed by atoms with Gasteiger partial charge in [-0.3, -0.25) is 14.5 Å². The van der Waals surface area contributed by atoms with E-state index >= 15 is 0 Å². The van der Waals surface area contributed by atoms with Gasteiger partial charge in [-0.25, -0.2) is 0 Å². The lowest BCUT2D eigenvalue weighted by atomic mass is 9.84. The summed E-state index contributed by atoms with van der Waals surface area (Å²) in [6, 6.07) is 14.5. The van der Waals surface area contributed by atoms with Gasteiger partial charge in [-0.15, -0.1) is 0 Å². The number of ether oxygens (including phenoxy) is 2. The Morgan fingerprint density at radius 2 is 1.68 bits per heavy atom. The van der Waals surface area contributed by atoms with Crippen molar-refractivity contribution in [2.24, 2.45) is 0 Å². The number of amides is 1. The Balaban J connectivity index is 1.95. The van der Waals surface area contributed by atoms with Crippen molar-refractivity contribution in [3.63, 3.8) is 0 Å². The van der Waals surface area contributed by atoms with E-state index in [1.807, 2.05) is 20.8 Å². The molecule has 7 heteroatoms. The maximum Gasteiger partial charge on any atom is 0.300 e. The van der Waals surface area contributed by atoms with Crippen molar-refractivity contribution in [1.82, 2.24) is 0 Å². The van der Waals surface area contributed by atoms with Gasteiger partial charge in [-0.05, 0) is 47.9 Å². The van der Waals surface area contributed by atoms with Crippen LogP contribution >= 0.6 is 0 Å². The van der Waals surface area contributed by atoms with Crippen LogP contribution in [0.1, 0.15) is 43.7 Å². The number of Topliss-reactive ketones (excluding diaryl/α,β-unsaturated/α-hetero) is 1. The summed E-state index contributed by atoms with van der Waals surface area (Å²) in [4.78, 5) is 27.9. The molecule has 1 aromatic heterocycles. The average molecular weight is 462 g/mol. The molecule has 0 radical (unpaired) electrons. The van der Waals surface area contributed by atoms with Crippen molar-refractivity contribution in [1.29, 1.82) is 0 Å². The summed E-state index contributed by atoms with van der Waals surface area (Å²) in [6.45, 7) is 6.08. The summed E-state index contributed by atoms with van der Waals surface area (Å²) in [5, 5.41) is 11.4. The monoisotopic (exact) mass is 461 g/mol. The lowest BCUT2D eigenvalue weighted by molar-refractivity contribution is -0.132. The normalized spacial score (nSPS) is 17.8. The van der Waals surface area contributed by atoms with Crippen LogP contribution < -0.4 is 14.4 Å². The van der Waals surface area contributed by atoms with Crippen LogP contribution in [-0.2, 0) is 15.0 Å². The zero-order valence-corrected chi connectivity index (χ0v) is 19.8. The smallest absolute Gasteiger partial charge is 0.300 e. The largest absolute Gasteiger partial charge is 0.507 e. The number of furan rings is 1. The predicted molar refractivity (Wildman–Crippen MR) is 128 cm³/mol. The van der Waals surface area contributed by atoms with Crippen molar-refractivity contribution in [2.45, 2.75) is 32.2 Å². The molecule has 0 aliphatic carbocycles. The highest BCUT2D eigenvalue weighted by Crippen LogP contribution is 2.45. The topological polar surface area (TPSA) is 89.2 Å². The molecule has 0 saturated carbocycles. The number of anilines is 1. The quantitative estimate of drug-likeness (QED) is 0.318. The zero-order chi connectivity index (χ0) is 24.6. The lowest BCUT2D eigenvalue weighted by Gasteiger charge is -2.25. The first-order valence-electron chi connectivity index (χ1n) is 10.8. The van der Waals surface area contributed by atoms with E-state index in [-0.39, 0.29) is 16.7 Å². The fourth-order valence-corrected chi connectivity index (χ4v) is 4.22. The first-order chi connectivity index (χ1) is 16.2. The highest BCUT2D eigenvalue weighted by molar-refractivity contribution is 6.51. The minimum Gasteiger partial charge on any atom is -0.507 e. The summed E-state index contributed by atoms with van der Waals surface area (Å²) in [6.07, 6.45) is 1.46. The molecule has 4 rings (SSSR count). The van der Waals surface area contributed by atoms with Gasteiger partial charge in [0.05, 0.1) is 31.7 Å². The van der Waals surface area contributed by atoms with Crippen LogP contribution in [0.2, 0.25) is 0 Å².